The number of aryl methyl sites for hydroxylation is 1. The summed E-state index contributed by atoms with van der Waals surface area (Å²) in [5.74, 6) is -1.70. The largest absolute Gasteiger partial charge is 0.481 e. The summed E-state index contributed by atoms with van der Waals surface area (Å²) in [4.78, 5) is 44.8. The zero-order valence-electron chi connectivity index (χ0n) is 27.8. The van der Waals surface area contributed by atoms with E-state index in [1.807, 2.05) is 40.8 Å². The first-order valence-electron chi connectivity index (χ1n) is 16.8. The average molecular weight is 682 g/mol. The molecule has 0 bridgehead atoms. The first-order chi connectivity index (χ1) is 23.0. The monoisotopic (exact) mass is 681 g/mol. The summed E-state index contributed by atoms with van der Waals surface area (Å²) in [6, 6.07) is 10.2. The molecule has 3 aliphatic rings. The van der Waals surface area contributed by atoms with Gasteiger partial charge in [-0.2, -0.15) is 0 Å². The second-order valence-electron chi connectivity index (χ2n) is 14.0. The minimum atomic E-state index is -0.751. The van der Waals surface area contributed by atoms with Gasteiger partial charge < -0.3 is 29.5 Å². The number of amides is 2. The number of carbonyl (C=O) groups is 3. The molecule has 0 radical (unpaired) electrons. The maximum absolute atomic E-state index is 15.5. The Morgan fingerprint density at radius 1 is 1.08 bits per heavy atom. The molecule has 2 saturated heterocycles. The van der Waals surface area contributed by atoms with Crippen molar-refractivity contribution >= 4 is 46.0 Å². The van der Waals surface area contributed by atoms with Crippen molar-refractivity contribution in [1.29, 1.82) is 0 Å². The zero-order valence-corrected chi connectivity index (χ0v) is 28.6. The van der Waals surface area contributed by atoms with E-state index in [2.05, 4.69) is 29.2 Å². The number of carboxylic acid groups (broad SMARTS) is 1. The Hall–Kier alpha value is -3.51. The van der Waals surface area contributed by atoms with Crippen molar-refractivity contribution in [2.45, 2.75) is 56.7 Å². The Balaban J connectivity index is 1.12. The predicted octanol–water partition coefficient (Wildman–Crippen LogP) is 4.89. The van der Waals surface area contributed by atoms with E-state index in [9.17, 15) is 19.5 Å². The first kappa shape index (κ1) is 34.4. The number of para-hydroxylation sites is 1. The van der Waals surface area contributed by atoms with Crippen molar-refractivity contribution in [2.24, 2.45) is 18.9 Å². The van der Waals surface area contributed by atoms with Gasteiger partial charge in [-0.05, 0) is 75.9 Å². The molecule has 10 nitrogen and oxygen atoms in total. The van der Waals surface area contributed by atoms with Crippen LogP contribution in [0.2, 0.25) is 5.02 Å². The second-order valence-corrected chi connectivity index (χ2v) is 14.4. The Morgan fingerprint density at radius 2 is 1.81 bits per heavy atom. The Bertz CT molecular complexity index is 1670. The number of likely N-dealkylation sites (tertiary alicyclic amines) is 2. The average Bonchev–Trinajstić information content (AvgIpc) is 3.61. The molecule has 3 fully saturated rings. The molecule has 48 heavy (non-hydrogen) atoms. The van der Waals surface area contributed by atoms with Gasteiger partial charge in [0.1, 0.15) is 5.82 Å². The molecule has 0 unspecified atom stereocenters. The number of hydrogen-bond donors (Lipinski definition) is 2. The highest BCUT2D eigenvalue weighted by Gasteiger charge is 2.42. The summed E-state index contributed by atoms with van der Waals surface area (Å²) in [6.45, 7) is 3.89. The number of benzene rings is 2. The summed E-state index contributed by atoms with van der Waals surface area (Å²) in [5.41, 5.74) is 1.65. The van der Waals surface area contributed by atoms with Crippen LogP contribution in [0.15, 0.2) is 42.6 Å². The molecule has 1 aromatic heterocycles. The van der Waals surface area contributed by atoms with Crippen molar-refractivity contribution in [2.75, 3.05) is 52.2 Å². The normalized spacial score (nSPS) is 23.5. The van der Waals surface area contributed by atoms with E-state index in [1.165, 1.54) is 12.1 Å². The number of rotatable bonds is 11. The lowest BCUT2D eigenvalue weighted by Gasteiger charge is -2.44. The number of hydrogen-bond acceptors (Lipinski definition) is 6. The third-order valence-corrected chi connectivity index (χ3v) is 10.6. The van der Waals surface area contributed by atoms with E-state index in [1.54, 1.807) is 6.20 Å². The molecule has 2 aromatic carbocycles. The van der Waals surface area contributed by atoms with Gasteiger partial charge in [-0.15, -0.1) is 0 Å². The van der Waals surface area contributed by atoms with Crippen LogP contribution in [-0.4, -0.2) is 107 Å². The van der Waals surface area contributed by atoms with Crippen molar-refractivity contribution in [3.63, 3.8) is 0 Å². The minimum Gasteiger partial charge on any atom is -0.481 e. The Labute approximate surface area is 285 Å². The number of aliphatic carboxylic acids is 1. The van der Waals surface area contributed by atoms with Gasteiger partial charge in [0.25, 0.3) is 5.91 Å². The van der Waals surface area contributed by atoms with Gasteiger partial charge in [0.05, 0.1) is 47.4 Å². The quantitative estimate of drug-likeness (QED) is 0.297. The number of aromatic nitrogens is 1. The van der Waals surface area contributed by atoms with Crippen LogP contribution in [-0.2, 0) is 27.8 Å². The van der Waals surface area contributed by atoms with Crippen LogP contribution >= 0.6 is 11.6 Å². The highest BCUT2D eigenvalue weighted by molar-refractivity contribution is 6.34. The fraction of sp³-hybridized carbons (Fsp3) is 0.528. The fourth-order valence-corrected chi connectivity index (χ4v) is 7.91. The van der Waals surface area contributed by atoms with Crippen LogP contribution in [0.5, 0.6) is 0 Å². The standard InChI is InChI=1S/C36H45ClFN5O5/c1-40(2)16-22-17-42(18-22)25-14-26(21-48-27-10-8-23(9-11-27)36(46)47)43(19-25)34(44)13-24-12-30(37)32(15-31(24)38)39-35(45)29-20-41(3)33-7-5-4-6-28(29)33/h4-7,12,15,20,22-23,25-27H,8-11,13-14,16-19,21H2,1-3H3,(H,39,45)(H,46,47)/t23?,25-,26-,27?/m0/s1. The number of ether oxygens (including phenoxy) is 1. The van der Waals surface area contributed by atoms with Crippen LogP contribution in [0.25, 0.3) is 10.9 Å². The van der Waals surface area contributed by atoms with Crippen molar-refractivity contribution in [3.05, 3.63) is 64.6 Å². The van der Waals surface area contributed by atoms with E-state index in [0.717, 1.165) is 37.0 Å². The smallest absolute Gasteiger partial charge is 0.306 e. The Kier molecular flexibility index (Phi) is 10.4. The molecule has 12 heteroatoms. The van der Waals surface area contributed by atoms with Crippen molar-refractivity contribution in [3.8, 4) is 0 Å². The lowest BCUT2D eigenvalue weighted by Crippen LogP contribution is -2.55. The van der Waals surface area contributed by atoms with E-state index < -0.39 is 17.7 Å². The molecule has 258 valence electrons. The summed E-state index contributed by atoms with van der Waals surface area (Å²) in [7, 11) is 6.01. The maximum Gasteiger partial charge on any atom is 0.306 e. The fourth-order valence-electron chi connectivity index (χ4n) is 7.68. The van der Waals surface area contributed by atoms with Gasteiger partial charge in [-0.25, -0.2) is 4.39 Å². The predicted molar refractivity (Wildman–Crippen MR) is 183 cm³/mol. The molecular formula is C36H45ClFN5O5. The summed E-state index contributed by atoms with van der Waals surface area (Å²) in [5, 5.41) is 13.0. The van der Waals surface area contributed by atoms with Crippen LogP contribution in [0.4, 0.5) is 10.1 Å². The van der Waals surface area contributed by atoms with Gasteiger partial charge in [0.15, 0.2) is 0 Å². The van der Waals surface area contributed by atoms with Crippen LogP contribution in [0, 0.1) is 17.7 Å². The van der Waals surface area contributed by atoms with Crippen LogP contribution in [0.1, 0.15) is 48.0 Å². The topological polar surface area (TPSA) is 107 Å². The second kappa shape index (κ2) is 14.5. The van der Waals surface area contributed by atoms with E-state index in [0.29, 0.717) is 50.3 Å². The molecular weight excluding hydrogens is 637 g/mol. The molecule has 6 rings (SSSR count). The molecule has 2 aliphatic heterocycles. The summed E-state index contributed by atoms with van der Waals surface area (Å²) >= 11 is 6.56. The van der Waals surface area contributed by atoms with Gasteiger partial charge in [0.2, 0.25) is 5.91 Å². The molecule has 3 aromatic rings. The highest BCUT2D eigenvalue weighted by atomic mass is 35.5. The highest BCUT2D eigenvalue weighted by Crippen LogP contribution is 2.33. The minimum absolute atomic E-state index is 0.0297. The number of nitrogens with one attached hydrogen (secondary N) is 1. The number of halogens is 2. The molecule has 1 saturated carbocycles. The van der Waals surface area contributed by atoms with Crippen molar-refractivity contribution in [1.82, 2.24) is 19.3 Å². The molecule has 0 spiro atoms. The third-order valence-electron chi connectivity index (χ3n) is 10.3. The number of carbonyl (C=O) groups excluding carboxylic acids is 2. The van der Waals surface area contributed by atoms with Gasteiger partial charge in [-0.3, -0.25) is 19.3 Å². The van der Waals surface area contributed by atoms with E-state index in [-0.39, 0.29) is 52.7 Å². The van der Waals surface area contributed by atoms with Crippen molar-refractivity contribution < 1.29 is 28.6 Å². The van der Waals surface area contributed by atoms with Crippen LogP contribution in [0.3, 0.4) is 0 Å². The van der Waals surface area contributed by atoms with Crippen LogP contribution < -0.4 is 5.32 Å². The number of anilines is 1. The van der Waals surface area contributed by atoms with Gasteiger partial charge in [0, 0.05) is 56.4 Å². The number of carboxylic acids is 1. The number of fused-ring (bicyclic) bond motifs is 1. The Morgan fingerprint density at radius 3 is 2.52 bits per heavy atom. The lowest BCUT2D eigenvalue weighted by atomic mass is 9.87. The molecule has 2 amide bonds. The van der Waals surface area contributed by atoms with E-state index >= 15 is 4.39 Å². The van der Waals surface area contributed by atoms with Gasteiger partial charge >= 0.3 is 5.97 Å². The molecule has 1 aliphatic carbocycles. The zero-order chi connectivity index (χ0) is 34.1. The maximum atomic E-state index is 15.5. The summed E-state index contributed by atoms with van der Waals surface area (Å²) < 4.78 is 23.7. The molecule has 2 atom stereocenters. The van der Waals surface area contributed by atoms with Gasteiger partial charge in [-0.1, -0.05) is 29.8 Å². The summed E-state index contributed by atoms with van der Waals surface area (Å²) in [6.07, 6.45) is 4.86. The molecule has 2 N–H and O–H groups in total. The first-order valence-corrected chi connectivity index (χ1v) is 17.2. The SMILES string of the molecule is CN(C)CC1CN([C@H]2C[C@@H](COC3CCC(C(=O)O)CC3)N(C(=O)Cc3cc(Cl)c(NC(=O)c4cn(C)c5ccccc45)cc3F)C2)C1. The molecule has 3 heterocycles. The number of nitrogens with zero attached hydrogens (tertiary/aromatic N) is 4. The van der Waals surface area contributed by atoms with E-state index in [4.69, 9.17) is 16.3 Å². The lowest BCUT2D eigenvalue weighted by molar-refractivity contribution is -0.144. The third kappa shape index (κ3) is 7.54.